The number of nitrogens with one attached hydrogen (secondary N) is 1. The number of fused-ring (bicyclic) bond motifs is 2. The molecule has 4 nitrogen and oxygen atoms in total. The number of likely N-dealkylation sites (N-methyl/N-ethyl adjacent to an activating group) is 1. The number of nitrogens with zero attached hydrogens (tertiary/aromatic N) is 1. The van der Waals surface area contributed by atoms with Gasteiger partial charge in [-0.25, -0.2) is 0 Å². The molecular formula is C21H28N2O2. The largest absolute Gasteiger partial charge is 0.351 e. The summed E-state index contributed by atoms with van der Waals surface area (Å²) in [6.45, 7) is 0.639. The molecule has 2 saturated carbocycles. The van der Waals surface area contributed by atoms with E-state index in [-0.39, 0.29) is 23.3 Å². The van der Waals surface area contributed by atoms with Crippen LogP contribution >= 0.6 is 0 Å². The van der Waals surface area contributed by atoms with E-state index in [0.717, 1.165) is 25.2 Å². The van der Waals surface area contributed by atoms with Crippen LogP contribution in [0.5, 0.6) is 0 Å². The summed E-state index contributed by atoms with van der Waals surface area (Å²) in [5.41, 5.74) is 1.02. The first-order valence-corrected chi connectivity index (χ1v) is 9.66. The Morgan fingerprint density at radius 2 is 2.04 bits per heavy atom. The monoisotopic (exact) mass is 340 g/mol. The Balaban J connectivity index is 1.52. The lowest BCUT2D eigenvalue weighted by molar-refractivity contribution is -0.138. The molecule has 1 heterocycles. The van der Waals surface area contributed by atoms with E-state index in [9.17, 15) is 9.59 Å². The molecule has 0 aromatic heterocycles. The summed E-state index contributed by atoms with van der Waals surface area (Å²) in [5, 5.41) is 3.32. The molecule has 0 unspecified atom stereocenters. The van der Waals surface area contributed by atoms with E-state index in [2.05, 4.69) is 29.6 Å². The van der Waals surface area contributed by atoms with E-state index < -0.39 is 0 Å². The van der Waals surface area contributed by atoms with Gasteiger partial charge in [0.25, 0.3) is 0 Å². The van der Waals surface area contributed by atoms with Crippen molar-refractivity contribution in [3.63, 3.8) is 0 Å². The van der Waals surface area contributed by atoms with Crippen molar-refractivity contribution in [3.05, 3.63) is 35.9 Å². The summed E-state index contributed by atoms with van der Waals surface area (Å²) in [4.78, 5) is 26.9. The molecule has 1 aromatic rings. The van der Waals surface area contributed by atoms with Crippen LogP contribution in [0, 0.1) is 17.3 Å². The van der Waals surface area contributed by atoms with Crippen LogP contribution in [0.2, 0.25) is 0 Å². The summed E-state index contributed by atoms with van der Waals surface area (Å²) < 4.78 is 0. The van der Waals surface area contributed by atoms with Gasteiger partial charge in [0.05, 0.1) is 5.41 Å². The van der Waals surface area contributed by atoms with Gasteiger partial charge in [-0.1, -0.05) is 36.8 Å². The Bertz CT molecular complexity index is 659. The lowest BCUT2D eigenvalue weighted by atomic mass is 9.68. The van der Waals surface area contributed by atoms with Crippen molar-refractivity contribution in [1.82, 2.24) is 10.2 Å². The fourth-order valence-electron chi connectivity index (χ4n) is 5.44. The van der Waals surface area contributed by atoms with Crippen molar-refractivity contribution in [1.29, 1.82) is 0 Å². The van der Waals surface area contributed by atoms with Gasteiger partial charge in [0.15, 0.2) is 0 Å². The van der Waals surface area contributed by atoms with Gasteiger partial charge in [-0.15, -0.1) is 0 Å². The van der Waals surface area contributed by atoms with Crippen molar-refractivity contribution in [3.8, 4) is 0 Å². The molecule has 25 heavy (non-hydrogen) atoms. The quantitative estimate of drug-likeness (QED) is 0.916. The number of piperidine rings is 1. The van der Waals surface area contributed by atoms with Crippen LogP contribution in [0.15, 0.2) is 30.3 Å². The molecule has 1 aliphatic heterocycles. The number of likely N-dealkylation sites (tertiary alicyclic amines) is 1. The van der Waals surface area contributed by atoms with Gasteiger partial charge < -0.3 is 10.2 Å². The third-order valence-electron chi connectivity index (χ3n) is 6.75. The fraction of sp³-hybridized carbons (Fsp3) is 0.619. The molecule has 3 fully saturated rings. The SMILES string of the molecule is CN1C[C@H](NC(=O)[C@]2(Cc3ccccc3)C[C@H]3CC[C@H]2C3)CCC1=O. The number of hydrogen-bond acceptors (Lipinski definition) is 2. The van der Waals surface area contributed by atoms with Crippen molar-refractivity contribution in [2.75, 3.05) is 13.6 Å². The second kappa shape index (κ2) is 6.47. The second-order valence-electron chi connectivity index (χ2n) is 8.38. The zero-order valence-electron chi connectivity index (χ0n) is 15.0. The van der Waals surface area contributed by atoms with Crippen LogP contribution in [0.3, 0.4) is 0 Å². The average Bonchev–Trinajstić information content (AvgIpc) is 3.21. The van der Waals surface area contributed by atoms with Gasteiger partial charge in [-0.2, -0.15) is 0 Å². The Hall–Kier alpha value is -1.84. The molecule has 0 spiro atoms. The lowest BCUT2D eigenvalue weighted by Gasteiger charge is -2.39. The van der Waals surface area contributed by atoms with Gasteiger partial charge in [-0.3, -0.25) is 9.59 Å². The van der Waals surface area contributed by atoms with Crippen molar-refractivity contribution < 1.29 is 9.59 Å². The fourth-order valence-corrected chi connectivity index (χ4v) is 5.44. The number of rotatable bonds is 4. The molecule has 4 heteroatoms. The van der Waals surface area contributed by atoms with Crippen LogP contribution in [0.1, 0.15) is 44.1 Å². The van der Waals surface area contributed by atoms with E-state index in [1.807, 2.05) is 13.1 Å². The molecule has 134 valence electrons. The highest BCUT2D eigenvalue weighted by Crippen LogP contribution is 2.57. The van der Waals surface area contributed by atoms with E-state index in [1.54, 1.807) is 4.90 Å². The molecule has 2 amide bonds. The number of carbonyl (C=O) groups excluding carboxylic acids is 2. The van der Waals surface area contributed by atoms with Gasteiger partial charge in [0, 0.05) is 26.1 Å². The maximum atomic E-state index is 13.4. The summed E-state index contributed by atoms with van der Waals surface area (Å²) in [6, 6.07) is 10.6. The first-order chi connectivity index (χ1) is 12.1. The Morgan fingerprint density at radius 3 is 2.68 bits per heavy atom. The topological polar surface area (TPSA) is 49.4 Å². The van der Waals surface area contributed by atoms with E-state index in [4.69, 9.17) is 0 Å². The Kier molecular flexibility index (Phi) is 4.30. The van der Waals surface area contributed by atoms with Crippen LogP contribution in [0.25, 0.3) is 0 Å². The molecule has 1 aromatic carbocycles. The van der Waals surface area contributed by atoms with E-state index in [1.165, 1.54) is 24.8 Å². The number of benzene rings is 1. The molecule has 1 N–H and O–H groups in total. The maximum Gasteiger partial charge on any atom is 0.227 e. The summed E-state index contributed by atoms with van der Waals surface area (Å²) >= 11 is 0. The molecular weight excluding hydrogens is 312 g/mol. The Morgan fingerprint density at radius 1 is 1.24 bits per heavy atom. The van der Waals surface area contributed by atoms with Crippen molar-refractivity contribution in [2.24, 2.45) is 17.3 Å². The minimum Gasteiger partial charge on any atom is -0.351 e. The second-order valence-corrected chi connectivity index (χ2v) is 8.38. The number of amides is 2. The predicted molar refractivity (Wildman–Crippen MR) is 96.8 cm³/mol. The van der Waals surface area contributed by atoms with Crippen LogP contribution in [-0.2, 0) is 16.0 Å². The van der Waals surface area contributed by atoms with Crippen LogP contribution in [-0.4, -0.2) is 36.3 Å². The zero-order chi connectivity index (χ0) is 17.4. The third kappa shape index (κ3) is 3.07. The molecule has 0 radical (unpaired) electrons. The van der Waals surface area contributed by atoms with E-state index >= 15 is 0 Å². The smallest absolute Gasteiger partial charge is 0.227 e. The standard InChI is InChI=1S/C21H28N2O2/c1-23-14-18(9-10-19(23)24)22-20(25)21(12-15-5-3-2-4-6-15)13-16-7-8-17(21)11-16/h2-6,16-18H,7-14H2,1H3,(H,22,25)/t16-,17-,18+,21+/m0/s1. The van der Waals surface area contributed by atoms with Crippen LogP contribution in [0.4, 0.5) is 0 Å². The molecule has 2 bridgehead atoms. The number of carbonyl (C=O) groups is 2. The van der Waals surface area contributed by atoms with Gasteiger partial charge in [0.1, 0.15) is 0 Å². The Labute approximate surface area is 150 Å². The molecule has 2 aliphatic carbocycles. The average molecular weight is 340 g/mol. The van der Waals surface area contributed by atoms with Gasteiger partial charge >= 0.3 is 0 Å². The minimum absolute atomic E-state index is 0.0991. The summed E-state index contributed by atoms with van der Waals surface area (Å²) in [5.74, 6) is 1.65. The van der Waals surface area contributed by atoms with Gasteiger partial charge in [-0.05, 0) is 49.5 Å². The summed E-state index contributed by atoms with van der Waals surface area (Å²) in [7, 11) is 1.83. The van der Waals surface area contributed by atoms with Crippen LogP contribution < -0.4 is 5.32 Å². The third-order valence-corrected chi connectivity index (χ3v) is 6.75. The number of hydrogen-bond donors (Lipinski definition) is 1. The first kappa shape index (κ1) is 16.6. The minimum atomic E-state index is -0.246. The summed E-state index contributed by atoms with van der Waals surface area (Å²) in [6.07, 6.45) is 6.87. The lowest BCUT2D eigenvalue weighted by Crippen LogP contribution is -2.54. The maximum absolute atomic E-state index is 13.4. The highest BCUT2D eigenvalue weighted by molar-refractivity contribution is 5.85. The molecule has 4 rings (SSSR count). The van der Waals surface area contributed by atoms with E-state index in [0.29, 0.717) is 18.9 Å². The first-order valence-electron chi connectivity index (χ1n) is 9.66. The zero-order valence-corrected chi connectivity index (χ0v) is 15.0. The van der Waals surface area contributed by atoms with Crippen molar-refractivity contribution >= 4 is 11.8 Å². The van der Waals surface area contributed by atoms with Crippen molar-refractivity contribution in [2.45, 2.75) is 51.0 Å². The van der Waals surface area contributed by atoms with Gasteiger partial charge in [0.2, 0.25) is 11.8 Å². The highest BCUT2D eigenvalue weighted by atomic mass is 16.2. The predicted octanol–water partition coefficient (Wildman–Crippen LogP) is 2.77. The normalized spacial score (nSPS) is 34.4. The highest BCUT2D eigenvalue weighted by Gasteiger charge is 2.55. The molecule has 4 atom stereocenters. The molecule has 1 saturated heterocycles. The molecule has 3 aliphatic rings.